The van der Waals surface area contributed by atoms with E-state index in [1.54, 1.807) is 6.92 Å². The molecule has 1 saturated carbocycles. The number of carbonyl (C=O) groups excluding carboxylic acids is 1. The van der Waals surface area contributed by atoms with Crippen LogP contribution in [0.4, 0.5) is 0 Å². The zero-order valence-corrected chi connectivity index (χ0v) is 14.8. The molecule has 0 bridgehead atoms. The number of carbonyl (C=O) groups is 1. The fraction of sp³-hybridized carbons (Fsp3) is 0.632. The van der Waals surface area contributed by atoms with Crippen molar-refractivity contribution in [2.24, 2.45) is 5.73 Å². The van der Waals surface area contributed by atoms with Crippen molar-refractivity contribution in [3.05, 3.63) is 29.3 Å². The van der Waals surface area contributed by atoms with Crippen LogP contribution in [0.2, 0.25) is 0 Å². The van der Waals surface area contributed by atoms with Crippen LogP contribution in [0.15, 0.2) is 18.2 Å². The number of ether oxygens (including phenoxy) is 1. The van der Waals surface area contributed by atoms with Gasteiger partial charge in [-0.2, -0.15) is 0 Å². The lowest BCUT2D eigenvalue weighted by Crippen LogP contribution is -2.45. The Bertz CT molecular complexity index is 534. The molecule has 0 heterocycles. The second-order valence-electron chi connectivity index (χ2n) is 7.05. The molecule has 0 spiro atoms. The van der Waals surface area contributed by atoms with Crippen molar-refractivity contribution < 1.29 is 9.53 Å². The van der Waals surface area contributed by atoms with Crippen LogP contribution in [0.3, 0.4) is 0 Å². The van der Waals surface area contributed by atoms with Crippen molar-refractivity contribution >= 4 is 5.91 Å². The fourth-order valence-electron chi connectivity index (χ4n) is 3.21. The van der Waals surface area contributed by atoms with E-state index in [-0.39, 0.29) is 11.9 Å². The van der Waals surface area contributed by atoms with Gasteiger partial charge in [0, 0.05) is 12.1 Å². The van der Waals surface area contributed by atoms with Crippen molar-refractivity contribution in [2.45, 2.75) is 77.5 Å². The number of amides is 1. The standard InChI is InChI=1S/C19H30N2O2/c1-12(2)18-10-9-17(11-13(18)3)23-14(4)19(22)21-16-7-5-15(20)6-8-16/h9-12,14-16H,5-8,20H2,1-4H3,(H,21,22). The maximum atomic E-state index is 12.3. The molecular formula is C19H30N2O2. The Labute approximate surface area is 139 Å². The number of rotatable bonds is 5. The lowest BCUT2D eigenvalue weighted by molar-refractivity contribution is -0.128. The molecule has 1 aromatic rings. The van der Waals surface area contributed by atoms with Crippen LogP contribution in [0.25, 0.3) is 0 Å². The zero-order chi connectivity index (χ0) is 17.0. The van der Waals surface area contributed by atoms with Crippen molar-refractivity contribution in [1.82, 2.24) is 5.32 Å². The SMILES string of the molecule is Cc1cc(OC(C)C(=O)NC2CCC(N)CC2)ccc1C(C)C. The van der Waals surface area contributed by atoms with E-state index >= 15 is 0 Å². The van der Waals surface area contributed by atoms with E-state index in [9.17, 15) is 4.79 Å². The summed E-state index contributed by atoms with van der Waals surface area (Å²) in [5, 5.41) is 3.08. The highest BCUT2D eigenvalue weighted by Gasteiger charge is 2.23. The number of hydrogen-bond acceptors (Lipinski definition) is 3. The van der Waals surface area contributed by atoms with Gasteiger partial charge in [0.25, 0.3) is 5.91 Å². The first-order valence-electron chi connectivity index (χ1n) is 8.70. The Balaban J connectivity index is 1.89. The van der Waals surface area contributed by atoms with Crippen molar-refractivity contribution in [2.75, 3.05) is 0 Å². The topological polar surface area (TPSA) is 64.3 Å². The van der Waals surface area contributed by atoms with E-state index in [0.717, 1.165) is 31.4 Å². The summed E-state index contributed by atoms with van der Waals surface area (Å²) >= 11 is 0. The molecule has 0 radical (unpaired) electrons. The minimum Gasteiger partial charge on any atom is -0.481 e. The molecule has 1 unspecified atom stereocenters. The Hall–Kier alpha value is -1.55. The predicted molar refractivity (Wildman–Crippen MR) is 93.7 cm³/mol. The highest BCUT2D eigenvalue weighted by atomic mass is 16.5. The van der Waals surface area contributed by atoms with Gasteiger partial charge in [-0.1, -0.05) is 19.9 Å². The fourth-order valence-corrected chi connectivity index (χ4v) is 3.21. The van der Waals surface area contributed by atoms with Gasteiger partial charge in [-0.3, -0.25) is 4.79 Å². The van der Waals surface area contributed by atoms with Crippen LogP contribution in [0.1, 0.15) is 63.5 Å². The lowest BCUT2D eigenvalue weighted by atomic mass is 9.92. The van der Waals surface area contributed by atoms with Gasteiger partial charge >= 0.3 is 0 Å². The third-order valence-corrected chi connectivity index (χ3v) is 4.66. The molecule has 23 heavy (non-hydrogen) atoms. The molecule has 2 rings (SSSR count). The molecule has 1 aromatic carbocycles. The first-order valence-corrected chi connectivity index (χ1v) is 8.70. The van der Waals surface area contributed by atoms with Crippen LogP contribution in [-0.4, -0.2) is 24.1 Å². The third kappa shape index (κ3) is 4.96. The van der Waals surface area contributed by atoms with Crippen LogP contribution < -0.4 is 15.8 Å². The molecule has 1 aliphatic rings. The van der Waals surface area contributed by atoms with Crippen LogP contribution in [0, 0.1) is 6.92 Å². The van der Waals surface area contributed by atoms with E-state index < -0.39 is 6.10 Å². The minimum atomic E-state index is -0.491. The first kappa shape index (κ1) is 17.8. The quantitative estimate of drug-likeness (QED) is 0.876. The Morgan fingerprint density at radius 1 is 1.22 bits per heavy atom. The molecule has 3 N–H and O–H groups in total. The van der Waals surface area contributed by atoms with Crippen LogP contribution in [0.5, 0.6) is 5.75 Å². The predicted octanol–water partition coefficient (Wildman–Crippen LogP) is 3.27. The van der Waals surface area contributed by atoms with E-state index in [0.29, 0.717) is 12.0 Å². The summed E-state index contributed by atoms with van der Waals surface area (Å²) in [5.74, 6) is 1.19. The number of benzene rings is 1. The van der Waals surface area contributed by atoms with Gasteiger partial charge in [0.15, 0.2) is 6.10 Å². The molecule has 0 saturated heterocycles. The Morgan fingerprint density at radius 2 is 1.87 bits per heavy atom. The van der Waals surface area contributed by atoms with Crippen molar-refractivity contribution in [3.63, 3.8) is 0 Å². The van der Waals surface area contributed by atoms with Gasteiger partial charge in [0.2, 0.25) is 0 Å². The second kappa shape index (κ2) is 7.82. The van der Waals surface area contributed by atoms with Gasteiger partial charge in [-0.15, -0.1) is 0 Å². The number of nitrogens with one attached hydrogen (secondary N) is 1. The molecule has 1 fully saturated rings. The van der Waals surface area contributed by atoms with E-state index in [4.69, 9.17) is 10.5 Å². The molecule has 0 aromatic heterocycles. The van der Waals surface area contributed by atoms with Crippen LogP contribution >= 0.6 is 0 Å². The summed E-state index contributed by atoms with van der Waals surface area (Å²) in [6.07, 6.45) is 3.39. The van der Waals surface area contributed by atoms with E-state index in [2.05, 4.69) is 32.2 Å². The summed E-state index contributed by atoms with van der Waals surface area (Å²) in [5.41, 5.74) is 8.41. The maximum absolute atomic E-state index is 12.3. The summed E-state index contributed by atoms with van der Waals surface area (Å²) < 4.78 is 5.82. The van der Waals surface area contributed by atoms with Crippen molar-refractivity contribution in [1.29, 1.82) is 0 Å². The summed E-state index contributed by atoms with van der Waals surface area (Å²) in [4.78, 5) is 12.3. The van der Waals surface area contributed by atoms with Gasteiger partial charge in [-0.05, 0) is 68.7 Å². The molecule has 0 aliphatic heterocycles. The first-order chi connectivity index (χ1) is 10.9. The Morgan fingerprint density at radius 3 is 2.43 bits per heavy atom. The number of hydrogen-bond donors (Lipinski definition) is 2. The lowest BCUT2D eigenvalue weighted by Gasteiger charge is -2.28. The molecule has 1 atom stereocenters. The van der Waals surface area contributed by atoms with Crippen LogP contribution in [-0.2, 0) is 4.79 Å². The largest absolute Gasteiger partial charge is 0.481 e. The van der Waals surface area contributed by atoms with Gasteiger partial charge in [0.1, 0.15) is 5.75 Å². The van der Waals surface area contributed by atoms with Gasteiger partial charge < -0.3 is 15.8 Å². The molecule has 4 nitrogen and oxygen atoms in total. The highest BCUT2D eigenvalue weighted by molar-refractivity contribution is 5.81. The summed E-state index contributed by atoms with van der Waals surface area (Å²) in [6, 6.07) is 6.57. The average molecular weight is 318 g/mol. The Kier molecular flexibility index (Phi) is 6.05. The molecule has 1 amide bonds. The third-order valence-electron chi connectivity index (χ3n) is 4.66. The highest BCUT2D eigenvalue weighted by Crippen LogP contribution is 2.24. The normalized spacial score (nSPS) is 22.7. The number of aryl methyl sites for hydroxylation is 1. The molecular weight excluding hydrogens is 288 g/mol. The second-order valence-corrected chi connectivity index (χ2v) is 7.05. The maximum Gasteiger partial charge on any atom is 0.260 e. The average Bonchev–Trinajstić information content (AvgIpc) is 2.49. The van der Waals surface area contributed by atoms with E-state index in [1.807, 2.05) is 12.1 Å². The smallest absolute Gasteiger partial charge is 0.260 e. The molecule has 128 valence electrons. The zero-order valence-electron chi connectivity index (χ0n) is 14.8. The van der Waals surface area contributed by atoms with Crippen molar-refractivity contribution in [3.8, 4) is 5.75 Å². The van der Waals surface area contributed by atoms with E-state index in [1.165, 1.54) is 11.1 Å². The number of nitrogens with two attached hydrogens (primary N) is 1. The summed E-state index contributed by atoms with van der Waals surface area (Å²) in [7, 11) is 0. The minimum absolute atomic E-state index is 0.0453. The molecule has 1 aliphatic carbocycles. The monoisotopic (exact) mass is 318 g/mol. The summed E-state index contributed by atoms with van der Waals surface area (Å²) in [6.45, 7) is 8.23. The molecule has 4 heteroatoms. The van der Waals surface area contributed by atoms with Gasteiger partial charge in [-0.25, -0.2) is 0 Å². The van der Waals surface area contributed by atoms with Gasteiger partial charge in [0.05, 0.1) is 0 Å².